The number of carbonyl (C=O) groups is 2. The zero-order valence-corrected chi connectivity index (χ0v) is 13.3. The SMILES string of the molecule is O=C1COc2cc(C(=O)NCCc3ccc4c(c3)OCO4)ccc2N1. The van der Waals surface area contributed by atoms with Crippen molar-refractivity contribution in [2.75, 3.05) is 25.3 Å². The van der Waals surface area contributed by atoms with Gasteiger partial charge in [-0.05, 0) is 42.3 Å². The number of nitrogens with one attached hydrogen (secondary N) is 2. The molecule has 4 rings (SSSR count). The van der Waals surface area contributed by atoms with Crippen molar-refractivity contribution >= 4 is 17.5 Å². The van der Waals surface area contributed by atoms with Crippen molar-refractivity contribution in [3.8, 4) is 17.2 Å². The summed E-state index contributed by atoms with van der Waals surface area (Å²) in [5.74, 6) is 1.59. The summed E-state index contributed by atoms with van der Waals surface area (Å²) in [5.41, 5.74) is 2.12. The van der Waals surface area contributed by atoms with E-state index in [-0.39, 0.29) is 25.2 Å². The van der Waals surface area contributed by atoms with Crippen LogP contribution >= 0.6 is 0 Å². The molecule has 0 radical (unpaired) electrons. The average molecular weight is 340 g/mol. The molecule has 0 spiro atoms. The molecule has 0 saturated heterocycles. The van der Waals surface area contributed by atoms with E-state index in [4.69, 9.17) is 14.2 Å². The van der Waals surface area contributed by atoms with Crippen LogP contribution in [-0.2, 0) is 11.2 Å². The van der Waals surface area contributed by atoms with Crippen molar-refractivity contribution in [2.24, 2.45) is 0 Å². The number of anilines is 1. The van der Waals surface area contributed by atoms with Crippen LogP contribution in [0.25, 0.3) is 0 Å². The molecule has 7 heteroatoms. The minimum absolute atomic E-state index is 0.0395. The van der Waals surface area contributed by atoms with E-state index >= 15 is 0 Å². The van der Waals surface area contributed by atoms with Gasteiger partial charge in [0.2, 0.25) is 6.79 Å². The van der Waals surface area contributed by atoms with Crippen molar-refractivity contribution < 1.29 is 23.8 Å². The third kappa shape index (κ3) is 3.21. The van der Waals surface area contributed by atoms with Gasteiger partial charge in [-0.1, -0.05) is 6.07 Å². The molecule has 2 aliphatic rings. The summed E-state index contributed by atoms with van der Waals surface area (Å²) in [6.45, 7) is 0.700. The Morgan fingerprint density at radius 2 is 1.92 bits per heavy atom. The lowest BCUT2D eigenvalue weighted by atomic mass is 10.1. The quantitative estimate of drug-likeness (QED) is 0.885. The molecular weight excluding hydrogens is 324 g/mol. The van der Waals surface area contributed by atoms with Crippen LogP contribution in [0.4, 0.5) is 5.69 Å². The Morgan fingerprint density at radius 3 is 2.84 bits per heavy atom. The van der Waals surface area contributed by atoms with E-state index in [9.17, 15) is 9.59 Å². The van der Waals surface area contributed by atoms with Crippen LogP contribution < -0.4 is 24.8 Å². The highest BCUT2D eigenvalue weighted by atomic mass is 16.7. The van der Waals surface area contributed by atoms with Gasteiger partial charge in [-0.15, -0.1) is 0 Å². The van der Waals surface area contributed by atoms with E-state index in [1.54, 1.807) is 18.2 Å². The topological polar surface area (TPSA) is 85.9 Å². The number of benzene rings is 2. The number of fused-ring (bicyclic) bond motifs is 2. The maximum absolute atomic E-state index is 12.3. The summed E-state index contributed by atoms with van der Waals surface area (Å²) in [4.78, 5) is 23.5. The summed E-state index contributed by atoms with van der Waals surface area (Å²) >= 11 is 0. The Balaban J connectivity index is 1.35. The number of ether oxygens (including phenoxy) is 3. The Labute approximate surface area is 143 Å². The molecule has 0 unspecified atom stereocenters. The molecule has 7 nitrogen and oxygen atoms in total. The number of hydrogen-bond donors (Lipinski definition) is 2. The van der Waals surface area contributed by atoms with Gasteiger partial charge in [-0.3, -0.25) is 9.59 Å². The normalized spacial score (nSPS) is 14.3. The Bertz CT molecular complexity index is 849. The second kappa shape index (κ2) is 6.35. The Hall–Kier alpha value is -3.22. The van der Waals surface area contributed by atoms with Gasteiger partial charge in [0, 0.05) is 12.1 Å². The predicted octanol–water partition coefficient (Wildman–Crippen LogP) is 1.72. The van der Waals surface area contributed by atoms with Crippen molar-refractivity contribution in [1.29, 1.82) is 0 Å². The minimum Gasteiger partial charge on any atom is -0.482 e. The number of hydrogen-bond acceptors (Lipinski definition) is 5. The summed E-state index contributed by atoms with van der Waals surface area (Å²) in [5, 5.41) is 5.57. The van der Waals surface area contributed by atoms with E-state index in [0.29, 0.717) is 30.0 Å². The van der Waals surface area contributed by atoms with Gasteiger partial charge in [0.1, 0.15) is 5.75 Å². The number of carbonyl (C=O) groups excluding carboxylic acids is 2. The molecule has 2 aliphatic heterocycles. The zero-order valence-electron chi connectivity index (χ0n) is 13.3. The molecule has 2 heterocycles. The smallest absolute Gasteiger partial charge is 0.262 e. The zero-order chi connectivity index (χ0) is 17.2. The van der Waals surface area contributed by atoms with Gasteiger partial charge in [0.05, 0.1) is 5.69 Å². The van der Waals surface area contributed by atoms with Gasteiger partial charge in [-0.25, -0.2) is 0 Å². The van der Waals surface area contributed by atoms with Crippen molar-refractivity contribution in [1.82, 2.24) is 5.32 Å². The van der Waals surface area contributed by atoms with Crippen molar-refractivity contribution in [2.45, 2.75) is 6.42 Å². The molecule has 0 atom stereocenters. The van der Waals surface area contributed by atoms with Crippen LogP contribution in [0.5, 0.6) is 17.2 Å². The highest BCUT2D eigenvalue weighted by molar-refractivity contribution is 5.98. The molecule has 0 bridgehead atoms. The second-order valence-corrected chi connectivity index (χ2v) is 5.74. The third-order valence-corrected chi connectivity index (χ3v) is 4.01. The minimum atomic E-state index is -0.201. The van der Waals surface area contributed by atoms with Gasteiger partial charge >= 0.3 is 0 Å². The lowest BCUT2D eigenvalue weighted by Gasteiger charge is -2.18. The lowest BCUT2D eigenvalue weighted by molar-refractivity contribution is -0.118. The largest absolute Gasteiger partial charge is 0.482 e. The molecular formula is C18H16N2O5. The van der Waals surface area contributed by atoms with Gasteiger partial charge in [0.25, 0.3) is 11.8 Å². The number of amides is 2. The molecule has 2 aromatic carbocycles. The molecule has 0 fully saturated rings. The lowest BCUT2D eigenvalue weighted by Crippen LogP contribution is -2.27. The van der Waals surface area contributed by atoms with Crippen molar-refractivity contribution in [3.63, 3.8) is 0 Å². The number of rotatable bonds is 4. The first-order valence-corrected chi connectivity index (χ1v) is 7.92. The van der Waals surface area contributed by atoms with Gasteiger partial charge in [-0.2, -0.15) is 0 Å². The van der Waals surface area contributed by atoms with Crippen LogP contribution in [0, 0.1) is 0 Å². The highest BCUT2D eigenvalue weighted by Gasteiger charge is 2.18. The molecule has 2 aromatic rings. The summed E-state index contributed by atoms with van der Waals surface area (Å²) in [6, 6.07) is 10.7. The fourth-order valence-electron chi connectivity index (χ4n) is 2.73. The first-order chi connectivity index (χ1) is 12.2. The van der Waals surface area contributed by atoms with Gasteiger partial charge < -0.3 is 24.8 Å². The van der Waals surface area contributed by atoms with Crippen LogP contribution in [0.3, 0.4) is 0 Å². The predicted molar refractivity (Wildman–Crippen MR) is 89.2 cm³/mol. The van der Waals surface area contributed by atoms with Crippen LogP contribution in [0.1, 0.15) is 15.9 Å². The van der Waals surface area contributed by atoms with E-state index in [1.807, 2.05) is 18.2 Å². The summed E-state index contributed by atoms with van der Waals surface area (Å²) in [7, 11) is 0. The molecule has 0 saturated carbocycles. The standard InChI is InChI=1S/C18H16N2O5/c21-17-9-23-15-8-12(2-3-13(15)20-17)18(22)19-6-5-11-1-4-14-16(7-11)25-10-24-14/h1-4,7-8H,5-6,9-10H2,(H,19,22)(H,20,21). The molecule has 2 N–H and O–H groups in total. The van der Waals surface area contributed by atoms with Crippen LogP contribution in [0.15, 0.2) is 36.4 Å². The Kier molecular flexibility index (Phi) is 3.89. The van der Waals surface area contributed by atoms with Gasteiger partial charge in [0.15, 0.2) is 18.1 Å². The van der Waals surface area contributed by atoms with Crippen LogP contribution in [-0.4, -0.2) is 31.8 Å². The van der Waals surface area contributed by atoms with E-state index in [0.717, 1.165) is 17.1 Å². The Morgan fingerprint density at radius 1 is 1.04 bits per heavy atom. The highest BCUT2D eigenvalue weighted by Crippen LogP contribution is 2.32. The maximum Gasteiger partial charge on any atom is 0.262 e. The fraction of sp³-hybridized carbons (Fsp3) is 0.222. The molecule has 0 aromatic heterocycles. The first-order valence-electron chi connectivity index (χ1n) is 7.92. The third-order valence-electron chi connectivity index (χ3n) is 4.01. The summed E-state index contributed by atoms with van der Waals surface area (Å²) in [6.07, 6.45) is 0.680. The monoisotopic (exact) mass is 340 g/mol. The van der Waals surface area contributed by atoms with Crippen LogP contribution in [0.2, 0.25) is 0 Å². The second-order valence-electron chi connectivity index (χ2n) is 5.74. The first kappa shape index (κ1) is 15.3. The maximum atomic E-state index is 12.3. The molecule has 2 amide bonds. The molecule has 128 valence electrons. The van der Waals surface area contributed by atoms with E-state index in [2.05, 4.69) is 10.6 Å². The average Bonchev–Trinajstić information content (AvgIpc) is 3.09. The van der Waals surface area contributed by atoms with Crippen molar-refractivity contribution in [3.05, 3.63) is 47.5 Å². The van der Waals surface area contributed by atoms with E-state index < -0.39 is 0 Å². The van der Waals surface area contributed by atoms with E-state index in [1.165, 1.54) is 0 Å². The fourth-order valence-corrected chi connectivity index (χ4v) is 2.73. The summed E-state index contributed by atoms with van der Waals surface area (Å²) < 4.78 is 15.9. The molecule has 25 heavy (non-hydrogen) atoms. The molecule has 0 aliphatic carbocycles.